The van der Waals surface area contributed by atoms with Gasteiger partial charge in [-0.1, -0.05) is 25.4 Å². The Morgan fingerprint density at radius 3 is 2.71 bits per heavy atom. The first-order valence-corrected chi connectivity index (χ1v) is 8.26. The minimum Gasteiger partial charge on any atom is -0.382 e. The number of carbonyl (C=O) groups excluding carboxylic acids is 1. The second-order valence-electron chi connectivity index (χ2n) is 4.88. The van der Waals surface area contributed by atoms with Crippen LogP contribution >= 0.6 is 11.6 Å². The molecule has 118 valence electrons. The highest BCUT2D eigenvalue weighted by molar-refractivity contribution is 7.89. The number of hydrogen-bond acceptors (Lipinski definition) is 5. The van der Waals surface area contributed by atoms with Crippen LogP contribution in [0.15, 0.2) is 17.2 Å². The van der Waals surface area contributed by atoms with Crippen molar-refractivity contribution in [3.8, 4) is 0 Å². The van der Waals surface area contributed by atoms with E-state index in [1.807, 2.05) is 13.8 Å². The van der Waals surface area contributed by atoms with Crippen molar-refractivity contribution in [3.05, 3.63) is 17.3 Å². The van der Waals surface area contributed by atoms with Gasteiger partial charge >= 0.3 is 0 Å². The number of rotatable bonds is 7. The molecule has 9 heteroatoms. The number of hydrogen-bond donors (Lipinski definition) is 3. The average Bonchev–Trinajstić information content (AvgIpc) is 2.39. The summed E-state index contributed by atoms with van der Waals surface area (Å²) >= 11 is 5.73. The van der Waals surface area contributed by atoms with E-state index in [0.29, 0.717) is 12.5 Å². The molecule has 1 aromatic heterocycles. The van der Waals surface area contributed by atoms with Crippen molar-refractivity contribution < 1.29 is 13.2 Å². The molecule has 0 saturated carbocycles. The largest absolute Gasteiger partial charge is 0.382 e. The molecular weight excluding hydrogens is 316 g/mol. The second kappa shape index (κ2) is 7.58. The van der Waals surface area contributed by atoms with Crippen LogP contribution in [0.1, 0.15) is 20.3 Å². The van der Waals surface area contributed by atoms with Gasteiger partial charge in [0.15, 0.2) is 0 Å². The van der Waals surface area contributed by atoms with E-state index in [9.17, 15) is 13.2 Å². The predicted molar refractivity (Wildman–Crippen MR) is 81.3 cm³/mol. The number of amides is 1. The molecule has 0 aromatic carbocycles. The maximum absolute atomic E-state index is 12.0. The average molecular weight is 335 g/mol. The van der Waals surface area contributed by atoms with E-state index in [0.717, 1.165) is 6.20 Å². The zero-order valence-electron chi connectivity index (χ0n) is 11.9. The third-order valence-electron chi connectivity index (χ3n) is 2.51. The lowest BCUT2D eigenvalue weighted by Crippen LogP contribution is -2.32. The number of sulfonamides is 1. The van der Waals surface area contributed by atoms with Crippen molar-refractivity contribution >= 4 is 33.3 Å². The lowest BCUT2D eigenvalue weighted by molar-refractivity contribution is -0.121. The lowest BCUT2D eigenvalue weighted by atomic mass is 10.2. The molecule has 0 aliphatic carbocycles. The highest BCUT2D eigenvalue weighted by Crippen LogP contribution is 2.19. The third-order valence-corrected chi connectivity index (χ3v) is 4.24. The third kappa shape index (κ3) is 5.86. The highest BCUT2D eigenvalue weighted by Gasteiger charge is 2.16. The van der Waals surface area contributed by atoms with Gasteiger partial charge in [0.05, 0.1) is 5.02 Å². The fourth-order valence-electron chi connectivity index (χ4n) is 1.37. The summed E-state index contributed by atoms with van der Waals surface area (Å²) < 4.78 is 26.2. The summed E-state index contributed by atoms with van der Waals surface area (Å²) in [6.45, 7) is 4.50. The molecule has 7 nitrogen and oxygen atoms in total. The predicted octanol–water partition coefficient (Wildman–Crippen LogP) is 0.758. The van der Waals surface area contributed by atoms with Gasteiger partial charge in [0.2, 0.25) is 15.9 Å². The molecule has 1 amide bonds. The monoisotopic (exact) mass is 334 g/mol. The van der Waals surface area contributed by atoms with Crippen LogP contribution in [0, 0.1) is 5.92 Å². The fraction of sp³-hybridized carbons (Fsp3) is 0.500. The Kier molecular flexibility index (Phi) is 6.38. The zero-order valence-corrected chi connectivity index (χ0v) is 13.5. The molecule has 1 rings (SSSR count). The molecule has 0 radical (unpaired) electrons. The van der Waals surface area contributed by atoms with Crippen LogP contribution in [0.4, 0.5) is 5.82 Å². The first-order chi connectivity index (χ1) is 9.72. The SMILES string of the molecule is CC(C)CNC(=O)CCNS(=O)(=O)c1cnc(N)c(Cl)c1. The van der Waals surface area contributed by atoms with Gasteiger partial charge in [-0.15, -0.1) is 0 Å². The summed E-state index contributed by atoms with van der Waals surface area (Å²) in [5, 5.41) is 2.76. The lowest BCUT2D eigenvalue weighted by Gasteiger charge is -2.09. The van der Waals surface area contributed by atoms with Gasteiger partial charge in [0.1, 0.15) is 10.7 Å². The molecule has 21 heavy (non-hydrogen) atoms. The van der Waals surface area contributed by atoms with Crippen molar-refractivity contribution in [1.82, 2.24) is 15.0 Å². The molecule has 0 bridgehead atoms. The van der Waals surface area contributed by atoms with Gasteiger partial charge in [0, 0.05) is 25.7 Å². The van der Waals surface area contributed by atoms with Crippen molar-refractivity contribution in [1.29, 1.82) is 0 Å². The number of pyridine rings is 1. The van der Waals surface area contributed by atoms with Gasteiger partial charge in [-0.25, -0.2) is 18.1 Å². The van der Waals surface area contributed by atoms with Crippen LogP contribution in [0.25, 0.3) is 0 Å². The summed E-state index contributed by atoms with van der Waals surface area (Å²) in [6.07, 6.45) is 1.17. The Bertz CT molecular complexity index is 605. The molecule has 0 aliphatic heterocycles. The number of nitrogens with two attached hydrogens (primary N) is 1. The summed E-state index contributed by atoms with van der Waals surface area (Å²) in [6, 6.07) is 1.21. The maximum atomic E-state index is 12.0. The standard InChI is InChI=1S/C12H19ClN4O3S/c1-8(2)6-15-11(18)3-4-17-21(19,20)9-5-10(13)12(14)16-7-9/h5,7-8,17H,3-4,6H2,1-2H3,(H2,14,16)(H,15,18). The first kappa shape index (κ1) is 17.7. The Hall–Kier alpha value is -1.38. The van der Waals surface area contributed by atoms with Gasteiger partial charge in [0.25, 0.3) is 0 Å². The number of nitrogens with zero attached hydrogens (tertiary/aromatic N) is 1. The molecule has 0 unspecified atom stereocenters. The van der Waals surface area contributed by atoms with E-state index < -0.39 is 10.0 Å². The van der Waals surface area contributed by atoms with Crippen LogP contribution in [0.5, 0.6) is 0 Å². The molecule has 1 heterocycles. The van der Waals surface area contributed by atoms with Crippen LogP contribution in [-0.4, -0.2) is 32.4 Å². The van der Waals surface area contributed by atoms with Crippen LogP contribution in [0.2, 0.25) is 5.02 Å². The Labute approximate surface area is 129 Å². The molecule has 0 fully saturated rings. The van der Waals surface area contributed by atoms with Crippen molar-refractivity contribution in [2.45, 2.75) is 25.2 Å². The number of halogens is 1. The first-order valence-electron chi connectivity index (χ1n) is 6.39. The van der Waals surface area contributed by atoms with Gasteiger partial charge in [-0.2, -0.15) is 0 Å². The normalized spacial score (nSPS) is 11.6. The molecular formula is C12H19ClN4O3S. The smallest absolute Gasteiger partial charge is 0.242 e. The van der Waals surface area contributed by atoms with Crippen molar-refractivity contribution in [2.75, 3.05) is 18.8 Å². The second-order valence-corrected chi connectivity index (χ2v) is 7.06. The Balaban J connectivity index is 2.53. The Morgan fingerprint density at radius 1 is 1.48 bits per heavy atom. The molecule has 0 spiro atoms. The Morgan fingerprint density at radius 2 is 2.14 bits per heavy atom. The highest BCUT2D eigenvalue weighted by atomic mass is 35.5. The van der Waals surface area contributed by atoms with Crippen LogP contribution in [0.3, 0.4) is 0 Å². The molecule has 4 N–H and O–H groups in total. The minimum absolute atomic E-state index is 0.00570. The van der Waals surface area contributed by atoms with Crippen molar-refractivity contribution in [3.63, 3.8) is 0 Å². The van der Waals surface area contributed by atoms with E-state index in [2.05, 4.69) is 15.0 Å². The number of nitrogens with one attached hydrogen (secondary N) is 2. The fourth-order valence-corrected chi connectivity index (χ4v) is 2.60. The minimum atomic E-state index is -3.76. The van der Waals surface area contributed by atoms with Gasteiger partial charge in [-0.3, -0.25) is 4.79 Å². The number of anilines is 1. The van der Waals surface area contributed by atoms with E-state index in [4.69, 9.17) is 17.3 Å². The van der Waals surface area contributed by atoms with E-state index in [1.54, 1.807) is 0 Å². The summed E-state index contributed by atoms with van der Waals surface area (Å²) in [4.78, 5) is 15.1. The van der Waals surface area contributed by atoms with Crippen LogP contribution < -0.4 is 15.8 Å². The summed E-state index contributed by atoms with van der Waals surface area (Å²) in [5.41, 5.74) is 5.42. The molecule has 1 aromatic rings. The molecule has 0 saturated heterocycles. The maximum Gasteiger partial charge on any atom is 0.242 e. The molecule has 0 atom stereocenters. The van der Waals surface area contributed by atoms with E-state index in [1.165, 1.54) is 6.07 Å². The summed E-state index contributed by atoms with van der Waals surface area (Å²) in [7, 11) is -3.76. The van der Waals surface area contributed by atoms with Gasteiger partial charge < -0.3 is 11.1 Å². The van der Waals surface area contributed by atoms with E-state index >= 15 is 0 Å². The topological polar surface area (TPSA) is 114 Å². The van der Waals surface area contributed by atoms with Gasteiger partial charge in [-0.05, 0) is 12.0 Å². The van der Waals surface area contributed by atoms with Crippen LogP contribution in [-0.2, 0) is 14.8 Å². The number of aromatic nitrogens is 1. The number of carbonyl (C=O) groups is 1. The number of nitrogen functional groups attached to an aromatic ring is 1. The summed E-state index contributed by atoms with van der Waals surface area (Å²) in [5.74, 6) is 0.192. The van der Waals surface area contributed by atoms with Crippen molar-refractivity contribution in [2.24, 2.45) is 5.92 Å². The molecule has 0 aliphatic rings. The quantitative estimate of drug-likeness (QED) is 0.681. The van der Waals surface area contributed by atoms with E-state index in [-0.39, 0.29) is 34.6 Å². The zero-order chi connectivity index (χ0) is 16.0.